The van der Waals surface area contributed by atoms with Gasteiger partial charge < -0.3 is 5.73 Å². The predicted octanol–water partition coefficient (Wildman–Crippen LogP) is 2.16. The summed E-state index contributed by atoms with van der Waals surface area (Å²) >= 11 is 0. The smallest absolute Gasteiger partial charge is 0.00671 e. The van der Waals surface area contributed by atoms with Crippen LogP contribution in [0.4, 0.5) is 0 Å². The summed E-state index contributed by atoms with van der Waals surface area (Å²) < 4.78 is 0. The van der Waals surface area contributed by atoms with Crippen LogP contribution in [0.25, 0.3) is 0 Å². The van der Waals surface area contributed by atoms with Crippen LogP contribution in [-0.2, 0) is 0 Å². The van der Waals surface area contributed by atoms with Gasteiger partial charge in [0.05, 0.1) is 0 Å². The lowest BCUT2D eigenvalue weighted by Gasteiger charge is -2.31. The van der Waals surface area contributed by atoms with Crippen molar-refractivity contribution < 1.29 is 0 Å². The molecule has 3 unspecified atom stereocenters. The van der Waals surface area contributed by atoms with Crippen LogP contribution >= 0.6 is 0 Å². The Labute approximate surface area is 64.0 Å². The van der Waals surface area contributed by atoms with Gasteiger partial charge in [-0.3, -0.25) is 0 Å². The molecule has 1 aliphatic carbocycles. The molecular weight excluding hydrogens is 122 g/mol. The van der Waals surface area contributed by atoms with Gasteiger partial charge in [0.1, 0.15) is 0 Å². The SMILES string of the molecule is CCC1CCC(C)C(N)C1. The molecule has 0 aromatic heterocycles. The quantitative estimate of drug-likeness (QED) is 0.595. The summed E-state index contributed by atoms with van der Waals surface area (Å²) in [4.78, 5) is 0. The van der Waals surface area contributed by atoms with Crippen molar-refractivity contribution in [3.63, 3.8) is 0 Å². The van der Waals surface area contributed by atoms with Crippen LogP contribution in [0.3, 0.4) is 0 Å². The highest BCUT2D eigenvalue weighted by molar-refractivity contribution is 4.79. The summed E-state index contributed by atoms with van der Waals surface area (Å²) in [7, 11) is 0. The Morgan fingerprint density at radius 3 is 2.60 bits per heavy atom. The highest BCUT2D eigenvalue weighted by Gasteiger charge is 2.23. The summed E-state index contributed by atoms with van der Waals surface area (Å²) in [6.45, 7) is 4.55. The van der Waals surface area contributed by atoms with Gasteiger partial charge in [0.25, 0.3) is 0 Å². The fraction of sp³-hybridized carbons (Fsp3) is 1.00. The van der Waals surface area contributed by atoms with Crippen LogP contribution in [0.2, 0.25) is 0 Å². The molecule has 2 N–H and O–H groups in total. The number of nitrogens with two attached hydrogens (primary N) is 1. The van der Waals surface area contributed by atoms with Crippen molar-refractivity contribution in [1.82, 2.24) is 0 Å². The van der Waals surface area contributed by atoms with E-state index in [2.05, 4.69) is 13.8 Å². The Hall–Kier alpha value is -0.0400. The van der Waals surface area contributed by atoms with Crippen molar-refractivity contribution in [1.29, 1.82) is 0 Å². The monoisotopic (exact) mass is 141 g/mol. The second-order valence-corrected chi connectivity index (χ2v) is 3.73. The lowest BCUT2D eigenvalue weighted by atomic mass is 9.79. The van der Waals surface area contributed by atoms with Crippen LogP contribution in [0.5, 0.6) is 0 Å². The van der Waals surface area contributed by atoms with E-state index in [1.807, 2.05) is 0 Å². The molecule has 1 fully saturated rings. The van der Waals surface area contributed by atoms with Gasteiger partial charge in [0.2, 0.25) is 0 Å². The van der Waals surface area contributed by atoms with E-state index in [-0.39, 0.29) is 0 Å². The Balaban J connectivity index is 2.33. The fourth-order valence-electron chi connectivity index (χ4n) is 1.82. The first kappa shape index (κ1) is 8.06. The highest BCUT2D eigenvalue weighted by atomic mass is 14.7. The molecule has 0 spiro atoms. The largest absolute Gasteiger partial charge is 0.327 e. The van der Waals surface area contributed by atoms with Gasteiger partial charge in [0.15, 0.2) is 0 Å². The summed E-state index contributed by atoms with van der Waals surface area (Å²) in [5, 5.41) is 0. The molecular formula is C9H19N. The van der Waals surface area contributed by atoms with E-state index in [1.54, 1.807) is 0 Å². The van der Waals surface area contributed by atoms with Crippen LogP contribution in [0.1, 0.15) is 39.5 Å². The van der Waals surface area contributed by atoms with E-state index in [4.69, 9.17) is 5.73 Å². The minimum atomic E-state index is 0.485. The third kappa shape index (κ3) is 1.72. The van der Waals surface area contributed by atoms with Crippen LogP contribution in [0.15, 0.2) is 0 Å². The van der Waals surface area contributed by atoms with Crippen molar-refractivity contribution in [2.45, 2.75) is 45.6 Å². The maximum Gasteiger partial charge on any atom is 0.00671 e. The van der Waals surface area contributed by atoms with Crippen LogP contribution in [-0.4, -0.2) is 6.04 Å². The summed E-state index contributed by atoms with van der Waals surface area (Å²) in [5.74, 6) is 1.69. The van der Waals surface area contributed by atoms with Gasteiger partial charge in [-0.15, -0.1) is 0 Å². The van der Waals surface area contributed by atoms with Crippen molar-refractivity contribution in [2.24, 2.45) is 17.6 Å². The maximum atomic E-state index is 5.94. The molecule has 0 amide bonds. The zero-order chi connectivity index (χ0) is 7.56. The molecule has 1 rings (SSSR count). The van der Waals surface area contributed by atoms with Crippen molar-refractivity contribution >= 4 is 0 Å². The predicted molar refractivity (Wildman–Crippen MR) is 44.8 cm³/mol. The lowest BCUT2D eigenvalue weighted by Crippen LogP contribution is -2.34. The lowest BCUT2D eigenvalue weighted by molar-refractivity contribution is 0.247. The molecule has 0 heterocycles. The van der Waals surface area contributed by atoms with Gasteiger partial charge in [-0.05, 0) is 24.7 Å². The Bertz CT molecular complexity index is 101. The molecule has 10 heavy (non-hydrogen) atoms. The molecule has 1 saturated carbocycles. The van der Waals surface area contributed by atoms with E-state index in [0.29, 0.717) is 6.04 Å². The molecule has 0 aromatic carbocycles. The summed E-state index contributed by atoms with van der Waals surface area (Å²) in [6.07, 6.45) is 5.34. The summed E-state index contributed by atoms with van der Waals surface area (Å²) in [6, 6.07) is 0.485. The second kappa shape index (κ2) is 3.38. The van der Waals surface area contributed by atoms with E-state index < -0.39 is 0 Å². The molecule has 0 aromatic rings. The average Bonchev–Trinajstić information content (AvgIpc) is 1.95. The standard InChI is InChI=1S/C9H19N/c1-3-8-5-4-7(2)9(10)6-8/h7-9H,3-6,10H2,1-2H3. The maximum absolute atomic E-state index is 5.94. The van der Waals surface area contributed by atoms with Crippen molar-refractivity contribution in [3.05, 3.63) is 0 Å². The second-order valence-electron chi connectivity index (χ2n) is 3.73. The zero-order valence-corrected chi connectivity index (χ0v) is 7.14. The molecule has 1 heteroatoms. The van der Waals surface area contributed by atoms with Gasteiger partial charge in [-0.1, -0.05) is 26.7 Å². The van der Waals surface area contributed by atoms with Crippen molar-refractivity contribution in [2.75, 3.05) is 0 Å². The summed E-state index contributed by atoms with van der Waals surface area (Å²) in [5.41, 5.74) is 5.94. The molecule has 60 valence electrons. The number of rotatable bonds is 1. The average molecular weight is 141 g/mol. The minimum Gasteiger partial charge on any atom is -0.327 e. The first-order chi connectivity index (χ1) is 4.74. The van der Waals surface area contributed by atoms with Crippen LogP contribution < -0.4 is 5.73 Å². The third-order valence-corrected chi connectivity index (χ3v) is 2.94. The zero-order valence-electron chi connectivity index (χ0n) is 7.14. The van der Waals surface area contributed by atoms with E-state index in [0.717, 1.165) is 11.8 Å². The Kier molecular flexibility index (Phi) is 2.72. The third-order valence-electron chi connectivity index (χ3n) is 2.94. The first-order valence-corrected chi connectivity index (χ1v) is 4.49. The topological polar surface area (TPSA) is 26.0 Å². The van der Waals surface area contributed by atoms with Crippen molar-refractivity contribution in [3.8, 4) is 0 Å². The Morgan fingerprint density at radius 2 is 2.10 bits per heavy atom. The fourth-order valence-corrected chi connectivity index (χ4v) is 1.82. The number of hydrogen-bond acceptors (Lipinski definition) is 1. The molecule has 0 radical (unpaired) electrons. The van der Waals surface area contributed by atoms with Crippen LogP contribution in [0, 0.1) is 11.8 Å². The van der Waals surface area contributed by atoms with Gasteiger partial charge >= 0.3 is 0 Å². The highest BCUT2D eigenvalue weighted by Crippen LogP contribution is 2.29. The van der Waals surface area contributed by atoms with E-state index in [1.165, 1.54) is 25.7 Å². The normalized spacial score (nSPS) is 41.7. The molecule has 0 aliphatic heterocycles. The molecule has 1 nitrogen and oxygen atoms in total. The number of hydrogen-bond donors (Lipinski definition) is 1. The molecule has 0 saturated heterocycles. The Morgan fingerprint density at radius 1 is 1.40 bits per heavy atom. The molecule has 3 atom stereocenters. The van der Waals surface area contributed by atoms with Gasteiger partial charge in [-0.25, -0.2) is 0 Å². The molecule has 0 bridgehead atoms. The van der Waals surface area contributed by atoms with Gasteiger partial charge in [0, 0.05) is 6.04 Å². The van der Waals surface area contributed by atoms with E-state index >= 15 is 0 Å². The minimum absolute atomic E-state index is 0.485. The first-order valence-electron chi connectivity index (χ1n) is 4.49. The van der Waals surface area contributed by atoms with Gasteiger partial charge in [-0.2, -0.15) is 0 Å². The molecule has 1 aliphatic rings. The van der Waals surface area contributed by atoms with E-state index in [9.17, 15) is 0 Å².